The van der Waals surface area contributed by atoms with Crippen LogP contribution in [0.3, 0.4) is 0 Å². The van der Waals surface area contributed by atoms with Crippen molar-refractivity contribution < 1.29 is 27.1 Å². The van der Waals surface area contributed by atoms with Crippen molar-refractivity contribution in [2.75, 3.05) is 43.6 Å². The van der Waals surface area contributed by atoms with E-state index < -0.39 is 17.8 Å². The van der Waals surface area contributed by atoms with Gasteiger partial charge in [0, 0.05) is 32.3 Å². The summed E-state index contributed by atoms with van der Waals surface area (Å²) in [5, 5.41) is 10.6. The van der Waals surface area contributed by atoms with E-state index >= 15 is 0 Å². The van der Waals surface area contributed by atoms with Crippen LogP contribution in [0.15, 0.2) is 16.5 Å². The normalized spacial score (nSPS) is 15.0. The third kappa shape index (κ3) is 3.81. The molecule has 1 amide bonds. The highest BCUT2D eigenvalue weighted by Crippen LogP contribution is 2.31. The van der Waals surface area contributed by atoms with Gasteiger partial charge in [-0.2, -0.15) is 23.3 Å². The molecule has 10 nitrogen and oxygen atoms in total. The van der Waals surface area contributed by atoms with E-state index in [1.165, 1.54) is 13.1 Å². The minimum absolute atomic E-state index is 0.0171. The van der Waals surface area contributed by atoms with Crippen LogP contribution in [-0.4, -0.2) is 59.4 Å². The van der Waals surface area contributed by atoms with E-state index in [0.717, 1.165) is 6.07 Å². The van der Waals surface area contributed by atoms with Crippen molar-refractivity contribution in [3.8, 4) is 0 Å². The monoisotopic (exact) mass is 411 g/mol. The number of nitrogens with zero attached hydrogens (tertiary/aromatic N) is 4. The van der Waals surface area contributed by atoms with Crippen molar-refractivity contribution in [2.45, 2.75) is 6.18 Å². The number of fused-ring (bicyclic) bond motifs is 1. The number of ether oxygens (including phenoxy) is 1. The minimum Gasteiger partial charge on any atom is -0.445 e. The first-order valence-corrected chi connectivity index (χ1v) is 8.61. The Morgan fingerprint density at radius 3 is 2.66 bits per heavy atom. The van der Waals surface area contributed by atoms with Gasteiger partial charge in [0.15, 0.2) is 23.0 Å². The molecular formula is C16H16F3N7O3. The molecule has 4 rings (SSSR count). The number of anilines is 3. The molecule has 0 bridgehead atoms. The molecule has 13 heteroatoms. The van der Waals surface area contributed by atoms with Crippen LogP contribution in [-0.2, 0) is 10.9 Å². The Hall–Kier alpha value is -3.35. The van der Waals surface area contributed by atoms with Crippen LogP contribution in [0.4, 0.5) is 30.8 Å². The predicted molar refractivity (Wildman–Crippen MR) is 95.1 cm³/mol. The van der Waals surface area contributed by atoms with Crippen LogP contribution in [0.1, 0.15) is 16.2 Å². The van der Waals surface area contributed by atoms with E-state index in [9.17, 15) is 18.0 Å². The van der Waals surface area contributed by atoms with E-state index in [1.807, 2.05) is 10.00 Å². The largest absolute Gasteiger partial charge is 0.445 e. The summed E-state index contributed by atoms with van der Waals surface area (Å²) in [6, 6.07) is 2.25. The van der Waals surface area contributed by atoms with Gasteiger partial charge in [-0.25, -0.2) is 4.98 Å². The standard InChI is InChI=1S/C16H16F3N7O3/c1-20-14(27)9-6-8-12(29-9)13(26-2-4-28-5-3-26)23-15(21-8)22-11-7-10(24-25-11)16(17,18)19/h6-7H,2-5H2,1H3,(H,20,27)(H2,21,22,23,24,25). The zero-order valence-electron chi connectivity index (χ0n) is 15.1. The summed E-state index contributed by atoms with van der Waals surface area (Å²) in [5.41, 5.74) is -0.372. The zero-order valence-corrected chi connectivity index (χ0v) is 15.1. The topological polar surface area (TPSA) is 121 Å². The lowest BCUT2D eigenvalue weighted by Gasteiger charge is -2.27. The molecule has 0 spiro atoms. The van der Waals surface area contributed by atoms with Gasteiger partial charge in [-0.15, -0.1) is 0 Å². The molecule has 3 aromatic heterocycles. The highest BCUT2D eigenvalue weighted by Gasteiger charge is 2.33. The SMILES string of the molecule is CNC(=O)c1cc2nc(Nc3cc(C(F)(F)F)[nH]n3)nc(N3CCOCC3)c2o1. The van der Waals surface area contributed by atoms with Crippen LogP contribution >= 0.6 is 0 Å². The molecule has 0 radical (unpaired) electrons. The molecular weight excluding hydrogens is 395 g/mol. The van der Waals surface area contributed by atoms with Crippen molar-refractivity contribution in [1.29, 1.82) is 0 Å². The summed E-state index contributed by atoms with van der Waals surface area (Å²) in [6.07, 6.45) is -4.55. The molecule has 1 saturated heterocycles. The molecule has 154 valence electrons. The maximum Gasteiger partial charge on any atom is 0.432 e. The maximum atomic E-state index is 12.8. The number of hydrogen-bond acceptors (Lipinski definition) is 8. The number of aromatic amines is 1. The number of morpholine rings is 1. The average molecular weight is 411 g/mol. The third-order valence-electron chi connectivity index (χ3n) is 4.24. The Labute approximate surface area is 161 Å². The number of nitrogens with one attached hydrogen (secondary N) is 3. The fourth-order valence-corrected chi connectivity index (χ4v) is 2.84. The number of alkyl halides is 3. The summed E-state index contributed by atoms with van der Waals surface area (Å²) in [6.45, 7) is 2.02. The van der Waals surface area contributed by atoms with Crippen LogP contribution in [0, 0.1) is 0 Å². The van der Waals surface area contributed by atoms with Crippen LogP contribution in [0.5, 0.6) is 0 Å². The number of carbonyl (C=O) groups excluding carboxylic acids is 1. The van der Waals surface area contributed by atoms with E-state index in [1.54, 1.807) is 0 Å². The number of aromatic nitrogens is 4. The highest BCUT2D eigenvalue weighted by atomic mass is 19.4. The van der Waals surface area contributed by atoms with Gasteiger partial charge in [0.25, 0.3) is 5.91 Å². The second-order valence-corrected chi connectivity index (χ2v) is 6.16. The predicted octanol–water partition coefficient (Wildman–Crippen LogP) is 1.90. The molecule has 0 aliphatic carbocycles. The second kappa shape index (κ2) is 7.24. The lowest BCUT2D eigenvalue weighted by molar-refractivity contribution is -0.141. The Bertz CT molecular complexity index is 1040. The summed E-state index contributed by atoms with van der Waals surface area (Å²) in [7, 11) is 1.47. The Morgan fingerprint density at radius 1 is 1.24 bits per heavy atom. The average Bonchev–Trinajstić information content (AvgIpc) is 3.34. The van der Waals surface area contributed by atoms with Crippen LogP contribution in [0.2, 0.25) is 0 Å². The van der Waals surface area contributed by atoms with E-state index in [2.05, 4.69) is 25.7 Å². The Kier molecular flexibility index (Phi) is 4.74. The molecule has 3 aromatic rings. The zero-order chi connectivity index (χ0) is 20.6. The van der Waals surface area contributed by atoms with Gasteiger partial charge >= 0.3 is 6.18 Å². The lowest BCUT2D eigenvalue weighted by atomic mass is 10.3. The van der Waals surface area contributed by atoms with Crippen molar-refractivity contribution in [3.63, 3.8) is 0 Å². The molecule has 29 heavy (non-hydrogen) atoms. The second-order valence-electron chi connectivity index (χ2n) is 6.16. The lowest BCUT2D eigenvalue weighted by Crippen LogP contribution is -2.37. The molecule has 0 atom stereocenters. The van der Waals surface area contributed by atoms with E-state index in [4.69, 9.17) is 9.15 Å². The molecule has 0 saturated carbocycles. The van der Waals surface area contributed by atoms with Crippen molar-refractivity contribution >= 4 is 34.6 Å². The number of H-pyrrole nitrogens is 1. The van der Waals surface area contributed by atoms with Crippen LogP contribution in [0.25, 0.3) is 11.1 Å². The summed E-state index contributed by atoms with van der Waals surface area (Å²) in [4.78, 5) is 22.4. The van der Waals surface area contributed by atoms with Crippen molar-refractivity contribution in [2.24, 2.45) is 0 Å². The first-order valence-electron chi connectivity index (χ1n) is 8.61. The molecule has 1 aliphatic heterocycles. The van der Waals surface area contributed by atoms with Gasteiger partial charge < -0.3 is 24.7 Å². The minimum atomic E-state index is -4.55. The molecule has 3 N–H and O–H groups in total. The number of halogens is 3. The van der Waals surface area contributed by atoms with Gasteiger partial charge in [-0.1, -0.05) is 0 Å². The summed E-state index contributed by atoms with van der Waals surface area (Å²) < 4.78 is 49.3. The van der Waals surface area contributed by atoms with Crippen molar-refractivity contribution in [1.82, 2.24) is 25.5 Å². The fourth-order valence-electron chi connectivity index (χ4n) is 2.84. The summed E-state index contributed by atoms with van der Waals surface area (Å²) in [5.74, 6) is -0.0687. The summed E-state index contributed by atoms with van der Waals surface area (Å²) >= 11 is 0. The third-order valence-corrected chi connectivity index (χ3v) is 4.24. The Morgan fingerprint density at radius 2 is 2.00 bits per heavy atom. The Balaban J connectivity index is 1.73. The fraction of sp³-hybridized carbons (Fsp3) is 0.375. The van der Waals surface area contributed by atoms with Gasteiger partial charge in [0.05, 0.1) is 13.2 Å². The number of rotatable bonds is 4. The van der Waals surface area contributed by atoms with E-state index in [-0.39, 0.29) is 17.5 Å². The van der Waals surface area contributed by atoms with Crippen molar-refractivity contribution in [3.05, 3.63) is 23.6 Å². The maximum absolute atomic E-state index is 12.8. The molecule has 1 fully saturated rings. The molecule has 0 aromatic carbocycles. The first kappa shape index (κ1) is 19.0. The number of amides is 1. The molecule has 0 unspecified atom stereocenters. The quantitative estimate of drug-likeness (QED) is 0.595. The first-order chi connectivity index (χ1) is 13.8. The van der Waals surface area contributed by atoms with Gasteiger partial charge in [-0.05, 0) is 0 Å². The highest BCUT2D eigenvalue weighted by molar-refractivity contribution is 5.97. The van der Waals surface area contributed by atoms with Gasteiger partial charge in [-0.3, -0.25) is 9.89 Å². The van der Waals surface area contributed by atoms with Gasteiger partial charge in [0.2, 0.25) is 5.95 Å². The van der Waals surface area contributed by atoms with Gasteiger partial charge in [0.1, 0.15) is 11.2 Å². The molecule has 4 heterocycles. The number of furan rings is 1. The molecule has 1 aliphatic rings. The number of carbonyl (C=O) groups is 1. The smallest absolute Gasteiger partial charge is 0.432 e. The number of hydrogen-bond donors (Lipinski definition) is 3. The van der Waals surface area contributed by atoms with E-state index in [0.29, 0.717) is 43.2 Å². The van der Waals surface area contributed by atoms with Crippen LogP contribution < -0.4 is 15.5 Å².